The quantitative estimate of drug-likeness (QED) is 0.834. The van der Waals surface area contributed by atoms with E-state index in [0.717, 1.165) is 18.7 Å². The maximum atomic E-state index is 12.9. The van der Waals surface area contributed by atoms with E-state index in [1.807, 2.05) is 46.7 Å². The molecule has 0 saturated carbocycles. The van der Waals surface area contributed by atoms with Crippen LogP contribution in [0.2, 0.25) is 0 Å². The summed E-state index contributed by atoms with van der Waals surface area (Å²) in [6.07, 6.45) is 0.501. The maximum absolute atomic E-state index is 12.9. The van der Waals surface area contributed by atoms with Gasteiger partial charge in [-0.1, -0.05) is 36.4 Å². The van der Waals surface area contributed by atoms with Crippen LogP contribution in [0.25, 0.3) is 0 Å². The van der Waals surface area contributed by atoms with Crippen LogP contribution in [0.15, 0.2) is 47.8 Å². The number of rotatable bonds is 5. The normalized spacial score (nSPS) is 15.1. The van der Waals surface area contributed by atoms with E-state index in [9.17, 15) is 9.59 Å². The molecule has 1 aromatic heterocycles. The number of thiophene rings is 1. The molecule has 0 radical (unpaired) electrons. The molecule has 2 heterocycles. The number of carbonyl (C=O) groups is 2. The first kappa shape index (κ1) is 19.4. The molecule has 0 bridgehead atoms. The third kappa shape index (κ3) is 5.29. The van der Waals surface area contributed by atoms with E-state index in [4.69, 9.17) is 0 Å². The molecule has 2 amide bonds. The van der Waals surface area contributed by atoms with Gasteiger partial charge in [-0.15, -0.1) is 23.7 Å². The number of carbonyl (C=O) groups excluding carboxylic acids is 2. The largest absolute Gasteiger partial charge is 0.339 e. The first-order chi connectivity index (χ1) is 11.7. The number of piperazine rings is 1. The number of benzene rings is 1. The van der Waals surface area contributed by atoms with Gasteiger partial charge in [-0.25, -0.2) is 0 Å². The Bertz CT molecular complexity index is 673. The predicted octanol–water partition coefficient (Wildman–Crippen LogP) is 1.94. The molecular formula is C18H22ClN3O2S. The molecule has 7 heteroatoms. The lowest BCUT2D eigenvalue weighted by Crippen LogP contribution is -2.54. The molecule has 2 N–H and O–H groups in total. The molecule has 2 aromatic rings. The van der Waals surface area contributed by atoms with Crippen LogP contribution in [0.1, 0.15) is 15.2 Å². The Balaban J connectivity index is 0.00000225. The lowest BCUT2D eigenvalue weighted by atomic mass is 10.0. The van der Waals surface area contributed by atoms with E-state index < -0.39 is 6.04 Å². The van der Waals surface area contributed by atoms with Gasteiger partial charge in [0.25, 0.3) is 5.91 Å². The molecule has 3 rings (SSSR count). The summed E-state index contributed by atoms with van der Waals surface area (Å²) in [6.45, 7) is 2.95. The zero-order valence-corrected chi connectivity index (χ0v) is 15.4. The Morgan fingerprint density at radius 3 is 2.48 bits per heavy atom. The summed E-state index contributed by atoms with van der Waals surface area (Å²) in [5.41, 5.74) is 1.04. The van der Waals surface area contributed by atoms with E-state index in [1.165, 1.54) is 11.3 Å². The van der Waals surface area contributed by atoms with Crippen molar-refractivity contribution in [3.05, 3.63) is 58.3 Å². The van der Waals surface area contributed by atoms with Crippen LogP contribution in [-0.4, -0.2) is 48.9 Å². The molecule has 134 valence electrons. The second kappa shape index (κ2) is 9.56. The molecule has 1 saturated heterocycles. The SMILES string of the molecule is Cl.O=C(NC(Cc1ccccc1)C(=O)N1CCNCC1)c1cccs1. The molecule has 1 aliphatic heterocycles. The van der Waals surface area contributed by atoms with Gasteiger partial charge in [-0.2, -0.15) is 0 Å². The van der Waals surface area contributed by atoms with Crippen LogP contribution >= 0.6 is 23.7 Å². The Morgan fingerprint density at radius 2 is 1.84 bits per heavy atom. The Kier molecular flexibility index (Phi) is 7.43. The van der Waals surface area contributed by atoms with Crippen molar-refractivity contribution in [2.24, 2.45) is 0 Å². The third-order valence-corrected chi connectivity index (χ3v) is 4.93. The molecular weight excluding hydrogens is 358 g/mol. The number of amides is 2. The molecule has 5 nitrogen and oxygen atoms in total. The molecule has 0 spiro atoms. The molecule has 25 heavy (non-hydrogen) atoms. The average molecular weight is 380 g/mol. The van der Waals surface area contributed by atoms with Crippen LogP contribution in [0.5, 0.6) is 0 Å². The van der Waals surface area contributed by atoms with Gasteiger partial charge in [0.15, 0.2) is 0 Å². The highest BCUT2D eigenvalue weighted by Crippen LogP contribution is 2.11. The first-order valence-corrected chi connectivity index (χ1v) is 9.00. The molecule has 0 aliphatic carbocycles. The van der Waals surface area contributed by atoms with Crippen molar-refractivity contribution in [3.8, 4) is 0 Å². The summed E-state index contributed by atoms with van der Waals surface area (Å²) in [7, 11) is 0. The van der Waals surface area contributed by atoms with Crippen molar-refractivity contribution in [2.45, 2.75) is 12.5 Å². The van der Waals surface area contributed by atoms with Crippen LogP contribution in [-0.2, 0) is 11.2 Å². The van der Waals surface area contributed by atoms with Gasteiger partial charge >= 0.3 is 0 Å². The fourth-order valence-electron chi connectivity index (χ4n) is 2.79. The summed E-state index contributed by atoms with van der Waals surface area (Å²) >= 11 is 1.38. The number of nitrogens with one attached hydrogen (secondary N) is 2. The first-order valence-electron chi connectivity index (χ1n) is 8.12. The zero-order chi connectivity index (χ0) is 16.8. The molecule has 1 unspecified atom stereocenters. The maximum Gasteiger partial charge on any atom is 0.262 e. The van der Waals surface area contributed by atoms with Gasteiger partial charge in [0.1, 0.15) is 6.04 Å². The lowest BCUT2D eigenvalue weighted by molar-refractivity contribution is -0.133. The Labute approximate surface area is 157 Å². The average Bonchev–Trinajstić information content (AvgIpc) is 3.17. The Hall–Kier alpha value is -1.89. The highest BCUT2D eigenvalue weighted by molar-refractivity contribution is 7.12. The summed E-state index contributed by atoms with van der Waals surface area (Å²) in [5, 5.41) is 8.03. The summed E-state index contributed by atoms with van der Waals surface area (Å²) in [5.74, 6) is -0.195. The van der Waals surface area contributed by atoms with E-state index >= 15 is 0 Å². The number of hydrogen-bond donors (Lipinski definition) is 2. The van der Waals surface area contributed by atoms with Crippen molar-refractivity contribution in [2.75, 3.05) is 26.2 Å². The van der Waals surface area contributed by atoms with Gasteiger partial charge in [0.05, 0.1) is 4.88 Å². The van der Waals surface area contributed by atoms with Crippen LogP contribution in [0, 0.1) is 0 Å². The number of hydrogen-bond acceptors (Lipinski definition) is 4. The minimum atomic E-state index is -0.542. The number of halogens is 1. The van der Waals surface area contributed by atoms with Crippen LogP contribution in [0.4, 0.5) is 0 Å². The summed E-state index contributed by atoms with van der Waals surface area (Å²) in [4.78, 5) is 27.8. The Morgan fingerprint density at radius 1 is 1.12 bits per heavy atom. The highest BCUT2D eigenvalue weighted by atomic mass is 35.5. The monoisotopic (exact) mass is 379 g/mol. The molecule has 1 fully saturated rings. The topological polar surface area (TPSA) is 61.4 Å². The summed E-state index contributed by atoms with van der Waals surface area (Å²) < 4.78 is 0. The van der Waals surface area contributed by atoms with Gasteiger partial charge in [-0.3, -0.25) is 9.59 Å². The fourth-order valence-corrected chi connectivity index (χ4v) is 3.42. The van der Waals surface area contributed by atoms with Crippen molar-refractivity contribution >= 4 is 35.6 Å². The standard InChI is InChI=1S/C18H21N3O2S.ClH/c22-17(16-7-4-12-24-16)20-15(13-14-5-2-1-3-6-14)18(23)21-10-8-19-9-11-21;/h1-7,12,15,19H,8-11,13H2,(H,20,22);1H. The zero-order valence-electron chi connectivity index (χ0n) is 13.8. The number of nitrogens with zero attached hydrogens (tertiary/aromatic N) is 1. The van der Waals surface area contributed by atoms with Crippen molar-refractivity contribution in [1.82, 2.24) is 15.5 Å². The highest BCUT2D eigenvalue weighted by Gasteiger charge is 2.27. The summed E-state index contributed by atoms with van der Waals surface area (Å²) in [6, 6.07) is 12.9. The van der Waals surface area contributed by atoms with Gasteiger partial charge < -0.3 is 15.5 Å². The van der Waals surface area contributed by atoms with Gasteiger partial charge in [-0.05, 0) is 17.0 Å². The van der Waals surface area contributed by atoms with Crippen molar-refractivity contribution in [1.29, 1.82) is 0 Å². The second-order valence-electron chi connectivity index (χ2n) is 5.77. The molecule has 1 aliphatic rings. The van der Waals surface area contributed by atoms with Gasteiger partial charge in [0, 0.05) is 32.6 Å². The van der Waals surface area contributed by atoms with E-state index in [0.29, 0.717) is 24.4 Å². The van der Waals surface area contributed by atoms with Crippen LogP contribution in [0.3, 0.4) is 0 Å². The third-order valence-electron chi connectivity index (χ3n) is 4.06. The van der Waals surface area contributed by atoms with E-state index in [-0.39, 0.29) is 24.2 Å². The van der Waals surface area contributed by atoms with Gasteiger partial charge in [0.2, 0.25) is 5.91 Å². The fraction of sp³-hybridized carbons (Fsp3) is 0.333. The van der Waals surface area contributed by atoms with E-state index in [2.05, 4.69) is 10.6 Å². The molecule has 1 aromatic carbocycles. The minimum Gasteiger partial charge on any atom is -0.339 e. The predicted molar refractivity (Wildman–Crippen MR) is 102 cm³/mol. The van der Waals surface area contributed by atoms with Crippen molar-refractivity contribution in [3.63, 3.8) is 0 Å². The minimum absolute atomic E-state index is 0. The van der Waals surface area contributed by atoms with Crippen LogP contribution < -0.4 is 10.6 Å². The van der Waals surface area contributed by atoms with E-state index in [1.54, 1.807) is 6.07 Å². The van der Waals surface area contributed by atoms with Crippen molar-refractivity contribution < 1.29 is 9.59 Å². The molecule has 1 atom stereocenters. The second-order valence-corrected chi connectivity index (χ2v) is 6.72. The lowest BCUT2D eigenvalue weighted by Gasteiger charge is -2.31. The smallest absolute Gasteiger partial charge is 0.262 e.